The SMILES string of the molecule is C=CC(=C)N1CCC[C@@H](N(C)c2nc(-c3cnc(C)s3)c3c(c2F)CNC3=O)C1.C=CC(=C)N1C[C@H](Nc2nc(Nc3ccc(N4CCN(C5COC5)C[C@@H]4C)c(F)c3)c3c(c2F)CNC3=O)CC[C@@H]1C.C=CC(=O)N1CCC[C@@H](Nc2nc(Nc3ccc(CN4CCOCC4)cc3)c3c(c2F)CNC3=O)C1. The van der Waals surface area contributed by atoms with E-state index in [-0.39, 0.29) is 107 Å². The minimum absolute atomic E-state index is 0.0666. The van der Waals surface area contributed by atoms with Crippen molar-refractivity contribution in [3.63, 3.8) is 0 Å². The van der Waals surface area contributed by atoms with Gasteiger partial charge in [-0.1, -0.05) is 45.0 Å². The minimum atomic E-state index is -0.551. The van der Waals surface area contributed by atoms with E-state index in [1.807, 2.05) is 43.1 Å². The van der Waals surface area contributed by atoms with Gasteiger partial charge >= 0.3 is 0 Å². The number of halogens is 4. The number of nitrogens with zero attached hydrogens (tertiary/aromatic N) is 11. The lowest BCUT2D eigenvalue weighted by molar-refractivity contribution is -0.127. The number of nitrogens with one attached hydrogen (secondary N) is 7. The molecule has 566 valence electrons. The number of amides is 4. The molecule has 7 N–H and O–H groups in total. The number of piperazine rings is 1. The lowest BCUT2D eigenvalue weighted by Gasteiger charge is -2.46. The number of anilines is 8. The van der Waals surface area contributed by atoms with Gasteiger partial charge < -0.3 is 71.2 Å². The molecular weight excluding hydrogens is 1390 g/mol. The molecule has 0 bridgehead atoms. The number of aromatic nitrogens is 4. The van der Waals surface area contributed by atoms with E-state index in [1.54, 1.807) is 35.4 Å². The van der Waals surface area contributed by atoms with Crippen molar-refractivity contribution < 1.29 is 46.2 Å². The summed E-state index contributed by atoms with van der Waals surface area (Å²) >= 11 is 1.45. The van der Waals surface area contributed by atoms with Crippen LogP contribution in [0.3, 0.4) is 0 Å². The topological polar surface area (TPSA) is 245 Å². The number of ether oxygens (including phenoxy) is 2. The molecule has 0 saturated carbocycles. The Balaban J connectivity index is 0.000000144. The largest absolute Gasteiger partial charge is 0.379 e. The number of likely N-dealkylation sites (tertiary alicyclic amines) is 3. The first-order valence-electron chi connectivity index (χ1n) is 36.7. The molecule has 15 rings (SSSR count). The molecule has 9 aliphatic rings. The summed E-state index contributed by atoms with van der Waals surface area (Å²) in [5, 5.41) is 21.8. The first-order valence-corrected chi connectivity index (χ1v) is 37.5. The number of benzene rings is 2. The van der Waals surface area contributed by atoms with Gasteiger partial charge in [0.25, 0.3) is 17.7 Å². The van der Waals surface area contributed by atoms with Gasteiger partial charge in [0.2, 0.25) is 5.91 Å². The standard InChI is InChI=1S/C31H39F2N7O2.C26H31FN6O3.C21H24FN5OS/c1-5-18(2)40-15-22(7-6-19(40)3)36-30-28(33)24-13-34-31(41)27(24)29(37-30)35-21-8-9-26(25(32)12-21)39-11-10-38(14-20(39)4)23-16-42-17-23;1-2-21(34)33-9-3-4-19(16-33)30-25-23(27)20-14-28-26(35)22(20)24(31-25)29-18-7-5-17(6-8-18)15-32-10-12-36-13-11-32;1-5-12(2)27-8-6-7-14(11-27)26(4)20-18(22)15-9-24-21(28)17(15)19(25-20)16-10-23-13(3)29-16/h5,8-9,12,19-20,22-23H,1-2,6-7,10-11,13-17H2,3-4H3,(H,34,41)(H2,35,36,37);2,5-8,19H,1,3-4,9-16H2,(H,28,35)(H2,29,30,31);5,10,14H,1-2,6-9,11H2,3-4H3,(H,24,28)/t19-,20-,22+;19-;14-/m011/s1. The number of likely N-dealkylation sites (N-methyl/N-ethyl adjacent to an activating group) is 1. The zero-order valence-corrected chi connectivity index (χ0v) is 61.9. The fourth-order valence-electron chi connectivity index (χ4n) is 15.4. The quantitative estimate of drug-likeness (QED) is 0.0213. The van der Waals surface area contributed by atoms with Crippen LogP contribution < -0.4 is 47.0 Å². The zero-order valence-electron chi connectivity index (χ0n) is 61.1. The number of allylic oxidation sites excluding steroid dienone is 2. The predicted octanol–water partition coefficient (Wildman–Crippen LogP) is 10.3. The van der Waals surface area contributed by atoms with Crippen LogP contribution in [-0.4, -0.2) is 203 Å². The molecule has 2 aromatic carbocycles. The number of thiazole rings is 1. The van der Waals surface area contributed by atoms with Gasteiger partial charge in [-0.05, 0) is 113 Å². The Hall–Kier alpha value is -9.94. The number of carbonyl (C=O) groups excluding carboxylic acids is 4. The highest BCUT2D eigenvalue weighted by atomic mass is 32.1. The van der Waals surface area contributed by atoms with Gasteiger partial charge in [-0.15, -0.1) is 11.3 Å². The summed E-state index contributed by atoms with van der Waals surface area (Å²) in [5.41, 5.74) is 6.72. The molecule has 0 aliphatic carbocycles. The minimum Gasteiger partial charge on any atom is -0.379 e. The molecule has 6 fully saturated rings. The molecule has 6 saturated heterocycles. The summed E-state index contributed by atoms with van der Waals surface area (Å²) in [5.74, 6) is -2.15. The maximum absolute atomic E-state index is 15.6. The lowest BCUT2D eigenvalue weighted by Crippen LogP contribution is -2.59. The van der Waals surface area contributed by atoms with Crippen molar-refractivity contribution >= 4 is 81.1 Å². The van der Waals surface area contributed by atoms with Crippen molar-refractivity contribution in [3.8, 4) is 10.6 Å². The normalized spacial score (nSPS) is 21.3. The Labute approximate surface area is 625 Å². The van der Waals surface area contributed by atoms with Crippen LogP contribution in [-0.2, 0) is 40.4 Å². The number of hydrogen-bond donors (Lipinski definition) is 7. The Morgan fingerprint density at radius 1 is 0.654 bits per heavy atom. The Morgan fingerprint density at radius 2 is 1.26 bits per heavy atom. The molecule has 4 amide bonds. The van der Waals surface area contributed by atoms with Gasteiger partial charge in [0, 0.05) is 175 Å². The van der Waals surface area contributed by atoms with Gasteiger partial charge in [0.15, 0.2) is 34.9 Å². The number of fused-ring (bicyclic) bond motifs is 3. The smallest absolute Gasteiger partial charge is 0.255 e. The van der Waals surface area contributed by atoms with Crippen LogP contribution >= 0.6 is 11.3 Å². The number of pyridine rings is 3. The second-order valence-electron chi connectivity index (χ2n) is 28.6. The molecule has 0 radical (unpaired) electrons. The molecule has 5 atom stereocenters. The molecule has 107 heavy (non-hydrogen) atoms. The highest BCUT2D eigenvalue weighted by Gasteiger charge is 2.38. The molecule has 0 unspecified atom stereocenters. The summed E-state index contributed by atoms with van der Waals surface area (Å²) in [4.78, 5) is 83.1. The summed E-state index contributed by atoms with van der Waals surface area (Å²) in [6, 6.07) is 13.6. The first kappa shape index (κ1) is 75.3. The molecule has 4 aromatic heterocycles. The van der Waals surface area contributed by atoms with Crippen molar-refractivity contribution in [2.24, 2.45) is 0 Å². The molecule has 13 heterocycles. The van der Waals surface area contributed by atoms with E-state index in [0.717, 1.165) is 144 Å². The van der Waals surface area contributed by atoms with E-state index >= 15 is 17.6 Å². The third kappa shape index (κ3) is 16.5. The molecule has 9 aliphatic heterocycles. The summed E-state index contributed by atoms with van der Waals surface area (Å²) in [7, 11) is 1.87. The fraction of sp³-hybridized carbons (Fsp3) is 0.436. The number of morpholine rings is 1. The van der Waals surface area contributed by atoms with Crippen LogP contribution in [0.25, 0.3) is 10.6 Å². The predicted molar refractivity (Wildman–Crippen MR) is 408 cm³/mol. The van der Waals surface area contributed by atoms with Crippen LogP contribution in [0.1, 0.15) is 111 Å². The van der Waals surface area contributed by atoms with Crippen molar-refractivity contribution in [3.05, 3.63) is 178 Å². The summed E-state index contributed by atoms with van der Waals surface area (Å²) in [6.07, 6.45) is 11.7. The lowest BCUT2D eigenvalue weighted by atomic mass is 9.98. The average molecular weight is 1490 g/mol. The molecule has 0 spiro atoms. The van der Waals surface area contributed by atoms with E-state index in [0.29, 0.717) is 71.3 Å². The maximum atomic E-state index is 15.6. The highest BCUT2D eigenvalue weighted by molar-refractivity contribution is 7.15. The van der Waals surface area contributed by atoms with Gasteiger partial charge in [-0.3, -0.25) is 29.0 Å². The van der Waals surface area contributed by atoms with E-state index in [2.05, 4.69) is 128 Å². The molecule has 29 heteroatoms. The Bertz CT molecular complexity index is 4420. The van der Waals surface area contributed by atoms with E-state index < -0.39 is 23.4 Å². The maximum Gasteiger partial charge on any atom is 0.255 e. The monoisotopic (exact) mass is 1490 g/mol. The third-order valence-corrected chi connectivity index (χ3v) is 22.5. The number of hydrogen-bond acceptors (Lipinski definition) is 21. The summed E-state index contributed by atoms with van der Waals surface area (Å²) in [6.45, 7) is 37.3. The fourth-order valence-corrected chi connectivity index (χ4v) is 16.2. The molecule has 6 aromatic rings. The Morgan fingerprint density at radius 3 is 1.86 bits per heavy atom. The first-order chi connectivity index (χ1) is 51.6. The van der Waals surface area contributed by atoms with Gasteiger partial charge in [0.1, 0.15) is 17.5 Å². The van der Waals surface area contributed by atoms with Crippen LogP contribution in [0.15, 0.2) is 111 Å². The van der Waals surface area contributed by atoms with Crippen LogP contribution in [0.5, 0.6) is 0 Å². The van der Waals surface area contributed by atoms with Crippen molar-refractivity contribution in [2.45, 2.75) is 122 Å². The van der Waals surface area contributed by atoms with Gasteiger partial charge in [-0.25, -0.2) is 37.5 Å². The van der Waals surface area contributed by atoms with Gasteiger partial charge in [-0.2, -0.15) is 0 Å². The van der Waals surface area contributed by atoms with E-state index in [4.69, 9.17) is 9.47 Å². The van der Waals surface area contributed by atoms with Gasteiger partial charge in [0.05, 0.1) is 70.4 Å². The number of carbonyl (C=O) groups is 4. The average Bonchev–Trinajstić information content (AvgIpc) is 1.67. The van der Waals surface area contributed by atoms with Crippen molar-refractivity contribution in [2.75, 3.05) is 130 Å². The highest BCUT2D eigenvalue weighted by Crippen LogP contribution is 2.40. The number of piperidine rings is 3. The molecule has 24 nitrogen and oxygen atoms in total. The molecular formula is C78H94F4N18O6S. The van der Waals surface area contributed by atoms with E-state index in [1.165, 1.54) is 29.0 Å². The van der Waals surface area contributed by atoms with Crippen molar-refractivity contribution in [1.29, 1.82) is 0 Å². The van der Waals surface area contributed by atoms with E-state index in [9.17, 15) is 19.2 Å². The second kappa shape index (κ2) is 33.1. The van der Waals surface area contributed by atoms with Crippen LogP contribution in [0.2, 0.25) is 0 Å². The summed E-state index contributed by atoms with van der Waals surface area (Å²) < 4.78 is 72.6. The van der Waals surface area contributed by atoms with Crippen molar-refractivity contribution in [1.82, 2.24) is 60.4 Å². The van der Waals surface area contributed by atoms with Crippen LogP contribution in [0, 0.1) is 30.2 Å². The number of rotatable bonds is 20. The Kier molecular flexibility index (Phi) is 23.3. The zero-order chi connectivity index (χ0) is 75.3. The third-order valence-electron chi connectivity index (χ3n) is 21.5. The second-order valence-corrected chi connectivity index (χ2v) is 29.8. The van der Waals surface area contributed by atoms with Crippen LogP contribution in [0.4, 0.5) is 63.7 Å². The number of aryl methyl sites for hydroxylation is 1.